The fourth-order valence-corrected chi connectivity index (χ4v) is 2.81. The zero-order valence-electron chi connectivity index (χ0n) is 10.2. The first-order valence-electron chi connectivity index (χ1n) is 6.04. The second-order valence-corrected chi connectivity index (χ2v) is 5.69. The van der Waals surface area contributed by atoms with E-state index in [1.165, 1.54) is 0 Å². The molecule has 0 radical (unpaired) electrons. The van der Waals surface area contributed by atoms with Crippen LogP contribution in [0.15, 0.2) is 53.0 Å². The molecule has 3 nitrogen and oxygen atoms in total. The summed E-state index contributed by atoms with van der Waals surface area (Å²) in [5.41, 5.74) is 8.07. The molecule has 0 bridgehead atoms. The SMILES string of the molecule is NC1(Cc2ccccc2)C(=O)Nc2ccc(Br)cc21. The second kappa shape index (κ2) is 4.47. The van der Waals surface area contributed by atoms with Crippen molar-refractivity contribution in [2.45, 2.75) is 12.0 Å². The smallest absolute Gasteiger partial charge is 0.249 e. The third-order valence-electron chi connectivity index (χ3n) is 3.44. The largest absolute Gasteiger partial charge is 0.324 e. The van der Waals surface area contributed by atoms with Gasteiger partial charge in [-0.1, -0.05) is 46.3 Å². The van der Waals surface area contributed by atoms with Crippen LogP contribution in [0.5, 0.6) is 0 Å². The van der Waals surface area contributed by atoms with Gasteiger partial charge in [-0.3, -0.25) is 4.79 Å². The highest BCUT2D eigenvalue weighted by molar-refractivity contribution is 9.10. The maximum Gasteiger partial charge on any atom is 0.249 e. The maximum absolute atomic E-state index is 12.2. The Labute approximate surface area is 119 Å². The first kappa shape index (κ1) is 12.4. The monoisotopic (exact) mass is 316 g/mol. The number of rotatable bonds is 2. The van der Waals surface area contributed by atoms with Crippen LogP contribution in [0.4, 0.5) is 5.69 Å². The fraction of sp³-hybridized carbons (Fsp3) is 0.133. The van der Waals surface area contributed by atoms with Gasteiger partial charge in [0.2, 0.25) is 5.91 Å². The minimum absolute atomic E-state index is 0.149. The number of carbonyl (C=O) groups excluding carboxylic acids is 1. The Morgan fingerprint density at radius 1 is 1.16 bits per heavy atom. The molecule has 2 aromatic rings. The van der Waals surface area contributed by atoms with E-state index >= 15 is 0 Å². The minimum atomic E-state index is -1.000. The first-order chi connectivity index (χ1) is 9.09. The van der Waals surface area contributed by atoms with Gasteiger partial charge >= 0.3 is 0 Å². The number of fused-ring (bicyclic) bond motifs is 1. The lowest BCUT2D eigenvalue weighted by Crippen LogP contribution is -2.45. The van der Waals surface area contributed by atoms with Crippen LogP contribution in [0.25, 0.3) is 0 Å². The standard InChI is InChI=1S/C15H13BrN2O/c16-11-6-7-13-12(8-11)15(17,14(19)18-13)9-10-4-2-1-3-5-10/h1-8H,9,17H2,(H,18,19). The maximum atomic E-state index is 12.2. The summed E-state index contributed by atoms with van der Waals surface area (Å²) in [4.78, 5) is 12.2. The Hall–Kier alpha value is -1.65. The number of anilines is 1. The number of nitrogens with two attached hydrogens (primary N) is 1. The predicted molar refractivity (Wildman–Crippen MR) is 78.8 cm³/mol. The Kier molecular flexibility index (Phi) is 2.92. The van der Waals surface area contributed by atoms with Crippen molar-refractivity contribution < 1.29 is 4.79 Å². The second-order valence-electron chi connectivity index (χ2n) is 4.78. The quantitative estimate of drug-likeness (QED) is 0.895. The van der Waals surface area contributed by atoms with E-state index in [1.54, 1.807) is 0 Å². The molecule has 0 spiro atoms. The van der Waals surface area contributed by atoms with Gasteiger partial charge in [-0.15, -0.1) is 0 Å². The molecule has 0 aliphatic carbocycles. The number of carbonyl (C=O) groups is 1. The zero-order valence-corrected chi connectivity index (χ0v) is 11.8. The molecule has 2 aromatic carbocycles. The number of amides is 1. The topological polar surface area (TPSA) is 55.1 Å². The summed E-state index contributed by atoms with van der Waals surface area (Å²) in [5.74, 6) is -0.149. The molecular formula is C15H13BrN2O. The Morgan fingerprint density at radius 2 is 1.89 bits per heavy atom. The number of benzene rings is 2. The summed E-state index contributed by atoms with van der Waals surface area (Å²) in [7, 11) is 0. The molecule has 1 unspecified atom stereocenters. The highest BCUT2D eigenvalue weighted by atomic mass is 79.9. The van der Waals surface area contributed by atoms with Gasteiger partial charge in [0.15, 0.2) is 0 Å². The highest BCUT2D eigenvalue weighted by Gasteiger charge is 2.43. The van der Waals surface area contributed by atoms with Gasteiger partial charge in [0.1, 0.15) is 5.54 Å². The molecule has 96 valence electrons. The van der Waals surface area contributed by atoms with E-state index in [0.717, 1.165) is 21.3 Å². The van der Waals surface area contributed by atoms with Crippen molar-refractivity contribution in [3.8, 4) is 0 Å². The van der Waals surface area contributed by atoms with Crippen molar-refractivity contribution in [1.29, 1.82) is 0 Å². The van der Waals surface area contributed by atoms with E-state index in [0.29, 0.717) is 6.42 Å². The van der Waals surface area contributed by atoms with Gasteiger partial charge in [0.05, 0.1) is 0 Å². The molecule has 1 aliphatic heterocycles. The van der Waals surface area contributed by atoms with Crippen molar-refractivity contribution >= 4 is 27.5 Å². The van der Waals surface area contributed by atoms with Crippen LogP contribution in [0.2, 0.25) is 0 Å². The normalized spacial score (nSPS) is 21.1. The molecular weight excluding hydrogens is 304 g/mol. The van der Waals surface area contributed by atoms with E-state index in [-0.39, 0.29) is 5.91 Å². The van der Waals surface area contributed by atoms with Crippen LogP contribution >= 0.6 is 15.9 Å². The third kappa shape index (κ3) is 2.07. The van der Waals surface area contributed by atoms with E-state index in [9.17, 15) is 4.79 Å². The molecule has 0 fully saturated rings. The van der Waals surface area contributed by atoms with Crippen LogP contribution in [0, 0.1) is 0 Å². The molecule has 3 rings (SSSR count). The van der Waals surface area contributed by atoms with Gasteiger partial charge in [-0.05, 0) is 23.8 Å². The van der Waals surface area contributed by atoms with Gasteiger partial charge in [-0.2, -0.15) is 0 Å². The molecule has 3 N–H and O–H groups in total. The van der Waals surface area contributed by atoms with E-state index in [4.69, 9.17) is 5.73 Å². The summed E-state index contributed by atoms with van der Waals surface area (Å²) in [6.45, 7) is 0. The van der Waals surface area contributed by atoms with Crippen molar-refractivity contribution in [3.05, 3.63) is 64.1 Å². The Bertz CT molecular complexity index is 642. The summed E-state index contributed by atoms with van der Waals surface area (Å²) in [6, 6.07) is 15.5. The van der Waals surface area contributed by atoms with Crippen molar-refractivity contribution in [1.82, 2.24) is 0 Å². The van der Waals surface area contributed by atoms with Crippen molar-refractivity contribution in [3.63, 3.8) is 0 Å². The van der Waals surface area contributed by atoms with Crippen molar-refractivity contribution in [2.75, 3.05) is 5.32 Å². The van der Waals surface area contributed by atoms with Gasteiger partial charge in [0.25, 0.3) is 0 Å². The molecule has 0 aromatic heterocycles. The number of hydrogen-bond acceptors (Lipinski definition) is 2. The average molecular weight is 317 g/mol. The first-order valence-corrected chi connectivity index (χ1v) is 6.83. The summed E-state index contributed by atoms with van der Waals surface area (Å²) < 4.78 is 0.922. The molecule has 1 amide bonds. The molecule has 1 heterocycles. The number of nitrogens with one attached hydrogen (secondary N) is 1. The van der Waals surface area contributed by atoms with Crippen LogP contribution in [-0.4, -0.2) is 5.91 Å². The summed E-state index contributed by atoms with van der Waals surface area (Å²) >= 11 is 3.43. The molecule has 1 aliphatic rings. The minimum Gasteiger partial charge on any atom is -0.324 e. The summed E-state index contributed by atoms with van der Waals surface area (Å²) in [6.07, 6.45) is 0.489. The molecule has 0 saturated heterocycles. The molecule has 1 atom stereocenters. The van der Waals surface area contributed by atoms with Gasteiger partial charge in [0, 0.05) is 22.1 Å². The van der Waals surface area contributed by atoms with E-state index < -0.39 is 5.54 Å². The lowest BCUT2D eigenvalue weighted by molar-refractivity contribution is -0.120. The van der Waals surface area contributed by atoms with Crippen LogP contribution in [-0.2, 0) is 16.8 Å². The van der Waals surface area contributed by atoms with Crippen LogP contribution in [0.3, 0.4) is 0 Å². The van der Waals surface area contributed by atoms with Crippen LogP contribution < -0.4 is 11.1 Å². The third-order valence-corrected chi connectivity index (χ3v) is 3.93. The molecule has 19 heavy (non-hydrogen) atoms. The van der Waals surface area contributed by atoms with Crippen LogP contribution in [0.1, 0.15) is 11.1 Å². The van der Waals surface area contributed by atoms with E-state index in [2.05, 4.69) is 21.2 Å². The van der Waals surface area contributed by atoms with Gasteiger partial charge in [-0.25, -0.2) is 0 Å². The zero-order chi connectivity index (χ0) is 13.5. The van der Waals surface area contributed by atoms with E-state index in [1.807, 2.05) is 48.5 Å². The Balaban J connectivity index is 2.04. The Morgan fingerprint density at radius 3 is 2.63 bits per heavy atom. The molecule has 0 saturated carbocycles. The highest BCUT2D eigenvalue weighted by Crippen LogP contribution is 2.37. The number of hydrogen-bond donors (Lipinski definition) is 2. The lowest BCUT2D eigenvalue weighted by Gasteiger charge is -2.22. The lowest BCUT2D eigenvalue weighted by atomic mass is 9.86. The predicted octanol–water partition coefficient (Wildman–Crippen LogP) is 2.80. The summed E-state index contributed by atoms with van der Waals surface area (Å²) in [5, 5.41) is 2.85. The van der Waals surface area contributed by atoms with Crippen molar-refractivity contribution in [2.24, 2.45) is 5.73 Å². The number of halogens is 1. The fourth-order valence-electron chi connectivity index (χ4n) is 2.44. The average Bonchev–Trinajstić information content (AvgIpc) is 2.64. The van der Waals surface area contributed by atoms with Gasteiger partial charge < -0.3 is 11.1 Å². The molecule has 4 heteroatoms.